The van der Waals surface area contributed by atoms with Crippen LogP contribution < -0.4 is 15.4 Å². The Balaban J connectivity index is 0.00000147. The highest BCUT2D eigenvalue weighted by molar-refractivity contribution is 6.09. The quantitative estimate of drug-likeness (QED) is 0.282. The molecular formula is C29H29Cl3N6O2. The van der Waals surface area contributed by atoms with Crippen molar-refractivity contribution in [3.05, 3.63) is 124 Å². The number of anilines is 2. The number of benzene rings is 2. The van der Waals surface area contributed by atoms with Gasteiger partial charge in [0.25, 0.3) is 5.56 Å². The Morgan fingerprint density at radius 3 is 2.12 bits per heavy atom. The molecule has 40 heavy (non-hydrogen) atoms. The predicted octanol–water partition coefficient (Wildman–Crippen LogP) is 4.83. The molecule has 3 aromatic heterocycles. The van der Waals surface area contributed by atoms with Crippen LogP contribution in [-0.4, -0.2) is 51.3 Å². The topological polar surface area (TPSA) is 86.6 Å². The lowest BCUT2D eigenvalue weighted by Gasteiger charge is -2.36. The molecule has 1 aliphatic heterocycles. The Morgan fingerprint density at radius 1 is 0.825 bits per heavy atom. The minimum atomic E-state index is -0.386. The number of para-hydroxylation sites is 1. The molecule has 0 atom stereocenters. The van der Waals surface area contributed by atoms with E-state index in [2.05, 4.69) is 49.0 Å². The minimum Gasteiger partial charge on any atom is -0.368 e. The molecule has 0 aliphatic carbocycles. The van der Waals surface area contributed by atoms with Crippen LogP contribution in [0, 0.1) is 0 Å². The Labute approximate surface area is 250 Å². The van der Waals surface area contributed by atoms with Crippen molar-refractivity contribution < 1.29 is 4.79 Å². The molecule has 5 aromatic rings. The van der Waals surface area contributed by atoms with Crippen molar-refractivity contribution in [2.24, 2.45) is 0 Å². The average molecular weight is 600 g/mol. The molecule has 1 saturated heterocycles. The summed E-state index contributed by atoms with van der Waals surface area (Å²) in [6.07, 6.45) is 5.17. The third kappa shape index (κ3) is 6.14. The van der Waals surface area contributed by atoms with E-state index in [4.69, 9.17) is 0 Å². The van der Waals surface area contributed by atoms with Gasteiger partial charge in [0.15, 0.2) is 0 Å². The van der Waals surface area contributed by atoms with Gasteiger partial charge in [0.2, 0.25) is 11.6 Å². The van der Waals surface area contributed by atoms with E-state index in [0.29, 0.717) is 23.5 Å². The predicted molar refractivity (Wildman–Crippen MR) is 165 cm³/mol. The lowest BCUT2D eigenvalue weighted by atomic mass is 10.00. The van der Waals surface area contributed by atoms with Crippen molar-refractivity contribution in [1.82, 2.24) is 19.4 Å². The van der Waals surface area contributed by atoms with Gasteiger partial charge in [-0.1, -0.05) is 48.5 Å². The molecule has 0 saturated carbocycles. The molecule has 1 fully saturated rings. The first-order chi connectivity index (χ1) is 18.2. The fraction of sp³-hybridized carbons (Fsp3) is 0.172. The van der Waals surface area contributed by atoms with E-state index in [1.54, 1.807) is 24.7 Å². The number of aromatic nitrogens is 4. The fourth-order valence-corrected chi connectivity index (χ4v) is 4.83. The normalized spacial score (nSPS) is 12.7. The molecule has 2 aromatic carbocycles. The lowest BCUT2D eigenvalue weighted by Crippen LogP contribution is -2.46. The summed E-state index contributed by atoms with van der Waals surface area (Å²) in [6, 6.07) is 23.7. The van der Waals surface area contributed by atoms with Gasteiger partial charge in [0.1, 0.15) is 11.4 Å². The van der Waals surface area contributed by atoms with Gasteiger partial charge in [-0.2, -0.15) is 0 Å². The van der Waals surface area contributed by atoms with Gasteiger partial charge in [-0.3, -0.25) is 14.0 Å². The SMILES string of the molecule is Cl.Cl.Cl.O=C(c1ccc(N2CCN(c3ccccc3)CC2)nc1)c1c(Cc2ccccc2)nc2[nH]ccn2c1=O. The summed E-state index contributed by atoms with van der Waals surface area (Å²) < 4.78 is 1.37. The van der Waals surface area contributed by atoms with Crippen molar-refractivity contribution in [3.8, 4) is 0 Å². The molecule has 1 N–H and O–H groups in total. The number of carbonyl (C=O) groups is 1. The number of halogens is 3. The second-order valence-electron chi connectivity index (χ2n) is 9.10. The van der Waals surface area contributed by atoms with Crippen LogP contribution in [0.4, 0.5) is 11.5 Å². The molecule has 0 radical (unpaired) electrons. The highest BCUT2D eigenvalue weighted by Gasteiger charge is 2.23. The highest BCUT2D eigenvalue weighted by Crippen LogP contribution is 2.20. The van der Waals surface area contributed by atoms with E-state index < -0.39 is 0 Å². The largest absolute Gasteiger partial charge is 0.368 e. The third-order valence-corrected chi connectivity index (χ3v) is 6.80. The number of pyridine rings is 1. The Bertz CT molecular complexity index is 1600. The zero-order chi connectivity index (χ0) is 25.2. The number of ketones is 1. The molecule has 0 amide bonds. The van der Waals surface area contributed by atoms with E-state index in [9.17, 15) is 9.59 Å². The zero-order valence-electron chi connectivity index (χ0n) is 21.5. The summed E-state index contributed by atoms with van der Waals surface area (Å²) >= 11 is 0. The highest BCUT2D eigenvalue weighted by atomic mass is 35.5. The summed E-state index contributed by atoms with van der Waals surface area (Å²) in [4.78, 5) is 43.7. The summed E-state index contributed by atoms with van der Waals surface area (Å²) in [6.45, 7) is 3.47. The number of hydrogen-bond acceptors (Lipinski definition) is 6. The standard InChI is InChI=1S/C29H26N6O2.3ClH/c36-27(26-24(19-21-7-3-1-4-8-21)32-29-30-13-14-35(29)28(26)37)22-11-12-25(31-20-22)34-17-15-33(16-18-34)23-9-5-2-6-10-23;;;/h1-14,20H,15-19H2,(H,30,32);3*1H. The molecule has 1 aliphatic rings. The Morgan fingerprint density at radius 2 is 1.48 bits per heavy atom. The molecule has 11 heteroatoms. The van der Waals surface area contributed by atoms with Crippen LogP contribution in [0.5, 0.6) is 0 Å². The van der Waals surface area contributed by atoms with Gasteiger partial charge in [-0.05, 0) is 29.8 Å². The summed E-state index contributed by atoms with van der Waals surface area (Å²) in [5, 5.41) is 0. The number of carbonyl (C=O) groups excluding carboxylic acids is 1. The van der Waals surface area contributed by atoms with Gasteiger partial charge in [0.05, 0.1) is 5.69 Å². The molecule has 0 bridgehead atoms. The van der Waals surface area contributed by atoms with Gasteiger partial charge < -0.3 is 14.8 Å². The van der Waals surface area contributed by atoms with Crippen LogP contribution in [0.25, 0.3) is 5.78 Å². The van der Waals surface area contributed by atoms with Crippen LogP contribution >= 0.6 is 37.2 Å². The van der Waals surface area contributed by atoms with Crippen molar-refractivity contribution in [2.75, 3.05) is 36.0 Å². The average Bonchev–Trinajstić information content (AvgIpc) is 3.43. The van der Waals surface area contributed by atoms with Crippen LogP contribution in [-0.2, 0) is 6.42 Å². The van der Waals surface area contributed by atoms with Gasteiger partial charge >= 0.3 is 0 Å². The first-order valence-corrected chi connectivity index (χ1v) is 12.4. The molecule has 0 spiro atoms. The van der Waals surface area contributed by atoms with Crippen LogP contribution in [0.2, 0.25) is 0 Å². The van der Waals surface area contributed by atoms with E-state index in [0.717, 1.165) is 37.6 Å². The lowest BCUT2D eigenvalue weighted by molar-refractivity contribution is 0.103. The number of H-pyrrole nitrogens is 1. The number of hydrogen-bond donors (Lipinski definition) is 1. The number of rotatable bonds is 6. The fourth-order valence-electron chi connectivity index (χ4n) is 4.83. The molecule has 8 nitrogen and oxygen atoms in total. The molecule has 4 heterocycles. The first-order valence-electron chi connectivity index (χ1n) is 12.4. The maximum Gasteiger partial charge on any atom is 0.270 e. The van der Waals surface area contributed by atoms with Gasteiger partial charge in [0, 0.05) is 62.4 Å². The van der Waals surface area contributed by atoms with Crippen molar-refractivity contribution in [1.29, 1.82) is 0 Å². The number of imidazole rings is 1. The number of nitrogens with zero attached hydrogens (tertiary/aromatic N) is 5. The smallest absolute Gasteiger partial charge is 0.270 e. The summed E-state index contributed by atoms with van der Waals surface area (Å²) in [5.41, 5.74) is 2.71. The van der Waals surface area contributed by atoms with Crippen molar-refractivity contribution in [3.63, 3.8) is 0 Å². The van der Waals surface area contributed by atoms with E-state index in [-0.39, 0.29) is 54.1 Å². The molecule has 208 valence electrons. The van der Waals surface area contributed by atoms with Crippen molar-refractivity contribution in [2.45, 2.75) is 6.42 Å². The maximum absolute atomic E-state index is 13.6. The van der Waals surface area contributed by atoms with Gasteiger partial charge in [-0.25, -0.2) is 9.97 Å². The Kier molecular flexibility index (Phi) is 10.3. The summed E-state index contributed by atoms with van der Waals surface area (Å²) in [5.74, 6) is 0.868. The van der Waals surface area contributed by atoms with E-state index in [1.807, 2.05) is 42.5 Å². The van der Waals surface area contributed by atoms with Gasteiger partial charge in [-0.15, -0.1) is 37.2 Å². The third-order valence-electron chi connectivity index (χ3n) is 6.80. The molecular weight excluding hydrogens is 571 g/mol. The van der Waals surface area contributed by atoms with Crippen LogP contribution in [0.1, 0.15) is 27.2 Å². The van der Waals surface area contributed by atoms with Crippen molar-refractivity contribution >= 4 is 60.3 Å². The molecule has 6 rings (SSSR count). The molecule has 0 unspecified atom stereocenters. The first kappa shape index (κ1) is 30.7. The number of fused-ring (bicyclic) bond motifs is 1. The monoisotopic (exact) mass is 598 g/mol. The Hall–Kier alpha value is -3.85. The number of piperazine rings is 1. The summed E-state index contributed by atoms with van der Waals surface area (Å²) in [7, 11) is 0. The number of aromatic amines is 1. The van der Waals surface area contributed by atoms with Crippen LogP contribution in [0.15, 0.2) is 96.2 Å². The van der Waals surface area contributed by atoms with Crippen LogP contribution in [0.3, 0.4) is 0 Å². The minimum absolute atomic E-state index is 0. The maximum atomic E-state index is 13.6. The second-order valence-corrected chi connectivity index (χ2v) is 9.10. The van der Waals surface area contributed by atoms with E-state index in [1.165, 1.54) is 10.1 Å². The zero-order valence-corrected chi connectivity index (χ0v) is 23.9. The van der Waals surface area contributed by atoms with E-state index >= 15 is 0 Å². The second kappa shape index (κ2) is 13.5. The number of nitrogens with one attached hydrogen (secondary N) is 1.